The number of nitrogens with one attached hydrogen (secondary N) is 4. The Morgan fingerprint density at radius 1 is 1.06 bits per heavy atom. The molecular weight excluding hydrogens is 444 g/mol. The van der Waals surface area contributed by atoms with Crippen molar-refractivity contribution in [2.45, 2.75) is 46.0 Å². The van der Waals surface area contributed by atoms with Crippen molar-refractivity contribution in [3.8, 4) is 12.0 Å². The van der Waals surface area contributed by atoms with Crippen LogP contribution in [-0.2, 0) is 9.53 Å². The van der Waals surface area contributed by atoms with Gasteiger partial charge in [0.05, 0.1) is 12.1 Å². The van der Waals surface area contributed by atoms with Crippen LogP contribution in [0.1, 0.15) is 55.9 Å². The lowest BCUT2D eigenvalue weighted by Gasteiger charge is -2.18. The normalized spacial score (nSPS) is 11.7. The van der Waals surface area contributed by atoms with E-state index in [4.69, 9.17) is 4.74 Å². The molecule has 0 fully saturated rings. The lowest BCUT2D eigenvalue weighted by molar-refractivity contribution is -0.124. The number of rotatable bonds is 14. The molecule has 0 bridgehead atoms. The van der Waals surface area contributed by atoms with Crippen molar-refractivity contribution in [1.82, 2.24) is 21.3 Å². The molecule has 2 amide bonds. The summed E-state index contributed by atoms with van der Waals surface area (Å²) in [5.41, 5.74) is 1.66. The maximum absolute atomic E-state index is 12.3. The van der Waals surface area contributed by atoms with Crippen molar-refractivity contribution >= 4 is 33.4 Å². The molecule has 0 aliphatic heterocycles. The van der Waals surface area contributed by atoms with E-state index in [-0.39, 0.29) is 36.4 Å². The number of carbonyl (C=O) groups excluding carboxylic acids is 2. The van der Waals surface area contributed by atoms with Crippen molar-refractivity contribution in [3.63, 3.8) is 0 Å². The van der Waals surface area contributed by atoms with Crippen LogP contribution in [0.4, 0.5) is 0 Å². The summed E-state index contributed by atoms with van der Waals surface area (Å²) in [6.07, 6.45) is 0. The van der Waals surface area contributed by atoms with Crippen LogP contribution in [-0.4, -0.2) is 50.0 Å². The summed E-state index contributed by atoms with van der Waals surface area (Å²) in [5.74, 6) is 3.68. The second kappa shape index (κ2) is 16.9. The molecule has 4 N–H and O–H groups in total. The van der Waals surface area contributed by atoms with Crippen LogP contribution >= 0.6 is 21.6 Å². The maximum Gasteiger partial charge on any atom is 0.257 e. The zero-order valence-electron chi connectivity index (χ0n) is 19.6. The fraction of sp³-hybridized carbons (Fsp3) is 0.565. The van der Waals surface area contributed by atoms with Gasteiger partial charge in [-0.1, -0.05) is 74.3 Å². The third-order valence-corrected chi connectivity index (χ3v) is 6.58. The fourth-order valence-corrected chi connectivity index (χ4v) is 4.39. The highest BCUT2D eigenvalue weighted by Gasteiger charge is 2.13. The Kier molecular flexibility index (Phi) is 14.9. The van der Waals surface area contributed by atoms with E-state index in [1.54, 1.807) is 21.6 Å². The minimum atomic E-state index is -0.272. The molecule has 0 saturated carbocycles. The highest BCUT2D eigenvalue weighted by atomic mass is 33.1. The Balaban J connectivity index is 2.52. The van der Waals surface area contributed by atoms with Crippen LogP contribution in [0.5, 0.6) is 0 Å². The number of hydrogen-bond donors (Lipinski definition) is 4. The predicted octanol–water partition coefficient (Wildman–Crippen LogP) is 3.11. The first-order valence-corrected chi connectivity index (χ1v) is 13.2. The molecule has 178 valence electrons. The van der Waals surface area contributed by atoms with E-state index in [1.165, 1.54) is 0 Å². The number of hydrogen-bond acceptors (Lipinski definition) is 7. The van der Waals surface area contributed by atoms with E-state index in [9.17, 15) is 9.59 Å². The van der Waals surface area contributed by atoms with E-state index < -0.39 is 0 Å². The van der Waals surface area contributed by atoms with Gasteiger partial charge in [-0.15, -0.1) is 0 Å². The van der Waals surface area contributed by atoms with Crippen molar-refractivity contribution in [3.05, 3.63) is 35.4 Å². The lowest BCUT2D eigenvalue weighted by atomic mass is 10.1. The zero-order chi connectivity index (χ0) is 23.8. The molecule has 7 nitrogen and oxygen atoms in total. The van der Waals surface area contributed by atoms with Crippen molar-refractivity contribution in [2.24, 2.45) is 5.92 Å². The van der Waals surface area contributed by atoms with Gasteiger partial charge in [-0.05, 0) is 17.7 Å². The van der Waals surface area contributed by atoms with Crippen LogP contribution < -0.4 is 21.3 Å². The smallest absolute Gasteiger partial charge is 0.257 e. The fourth-order valence-electron chi connectivity index (χ4n) is 2.36. The summed E-state index contributed by atoms with van der Waals surface area (Å²) in [6, 6.07) is 10.6. The minimum Gasteiger partial charge on any atom is -0.356 e. The average molecular weight is 481 g/mol. The van der Waals surface area contributed by atoms with Gasteiger partial charge in [-0.3, -0.25) is 20.2 Å². The minimum absolute atomic E-state index is 0.0314. The van der Waals surface area contributed by atoms with Gasteiger partial charge in [0.15, 0.2) is 0 Å². The molecule has 0 aliphatic rings. The van der Waals surface area contributed by atoms with E-state index in [0.29, 0.717) is 18.2 Å². The van der Waals surface area contributed by atoms with Crippen LogP contribution in [0.2, 0.25) is 0 Å². The zero-order valence-corrected chi connectivity index (χ0v) is 21.3. The lowest BCUT2D eigenvalue weighted by Crippen LogP contribution is -2.34. The summed E-state index contributed by atoms with van der Waals surface area (Å²) in [6.45, 7) is 11.6. The van der Waals surface area contributed by atoms with Gasteiger partial charge in [-0.2, -0.15) is 0 Å². The highest BCUT2D eigenvalue weighted by Crippen LogP contribution is 2.35. The standard InChI is InChI=1S/C23H36N4O3S2/c1-6-31-32-23(27-16-30-15-21(28)25-12-11-17(2)3)20-9-7-19(8-10-20)22(29)26-14-13-24-18(4)5/h7-10,17-18,23-24,27H,6,13-16H2,1-5H3,(H,25,28)(H,26,29). The topological polar surface area (TPSA) is 91.5 Å². The molecule has 1 atom stereocenters. The molecule has 0 saturated heterocycles. The molecule has 1 aromatic carbocycles. The van der Waals surface area contributed by atoms with Crippen molar-refractivity contribution in [2.75, 3.05) is 32.2 Å². The first-order valence-electron chi connectivity index (χ1n) is 10.8. The highest BCUT2D eigenvalue weighted by molar-refractivity contribution is 8.76. The van der Waals surface area contributed by atoms with Crippen LogP contribution in [0, 0.1) is 17.9 Å². The molecule has 1 rings (SSSR count). The van der Waals surface area contributed by atoms with Gasteiger partial charge >= 0.3 is 0 Å². The van der Waals surface area contributed by atoms with Gasteiger partial charge in [0.1, 0.15) is 6.61 Å². The van der Waals surface area contributed by atoms with Crippen LogP contribution in [0.3, 0.4) is 0 Å². The van der Waals surface area contributed by atoms with Gasteiger partial charge in [0, 0.05) is 42.4 Å². The molecule has 1 unspecified atom stereocenters. The van der Waals surface area contributed by atoms with E-state index in [0.717, 1.165) is 17.9 Å². The first kappa shape index (κ1) is 28.3. The number of amides is 2. The second-order valence-corrected chi connectivity index (χ2v) is 10.3. The molecular formula is C23H36N4O3S2. The van der Waals surface area contributed by atoms with E-state index >= 15 is 0 Å². The largest absolute Gasteiger partial charge is 0.356 e. The molecule has 0 spiro atoms. The van der Waals surface area contributed by atoms with Gasteiger partial charge in [0.25, 0.3) is 11.8 Å². The third-order valence-electron chi connectivity index (χ3n) is 3.89. The van der Waals surface area contributed by atoms with Crippen LogP contribution in [0.25, 0.3) is 0 Å². The Bertz CT molecular complexity index is 746. The Morgan fingerprint density at radius 2 is 1.78 bits per heavy atom. The summed E-state index contributed by atoms with van der Waals surface area (Å²) in [4.78, 5) is 24.0. The Morgan fingerprint density at radius 3 is 2.41 bits per heavy atom. The molecule has 0 aliphatic carbocycles. The van der Waals surface area contributed by atoms with Gasteiger partial charge < -0.3 is 15.4 Å². The predicted molar refractivity (Wildman–Crippen MR) is 135 cm³/mol. The van der Waals surface area contributed by atoms with E-state index in [1.807, 2.05) is 38.1 Å². The van der Waals surface area contributed by atoms with Gasteiger partial charge in [0.2, 0.25) is 0 Å². The first-order chi connectivity index (χ1) is 15.3. The summed E-state index contributed by atoms with van der Waals surface area (Å²) >= 11 is 0. The summed E-state index contributed by atoms with van der Waals surface area (Å²) < 4.78 is 5.43. The third kappa shape index (κ3) is 13.0. The quantitative estimate of drug-likeness (QED) is 0.107. The number of carbonyl (C=O) groups is 2. The van der Waals surface area contributed by atoms with Crippen molar-refractivity contribution in [1.29, 1.82) is 0 Å². The van der Waals surface area contributed by atoms with Crippen LogP contribution in [0.15, 0.2) is 24.3 Å². The monoisotopic (exact) mass is 480 g/mol. The molecule has 32 heavy (non-hydrogen) atoms. The molecule has 0 radical (unpaired) electrons. The number of benzene rings is 1. The SMILES string of the molecule is CCSSC(NCOCC(=O)NC#CC(C)C)c1ccc(C(=O)NCCNC(C)C)cc1. The molecule has 0 aromatic heterocycles. The average Bonchev–Trinajstić information content (AvgIpc) is 2.76. The van der Waals surface area contributed by atoms with Crippen molar-refractivity contribution < 1.29 is 14.3 Å². The second-order valence-electron chi connectivity index (χ2n) is 7.54. The maximum atomic E-state index is 12.3. The Labute approximate surface area is 200 Å². The van der Waals surface area contributed by atoms with Gasteiger partial charge in [-0.25, -0.2) is 0 Å². The van der Waals surface area contributed by atoms with E-state index in [2.05, 4.69) is 54.0 Å². The summed E-state index contributed by atoms with van der Waals surface area (Å²) in [5, 5.41) is 12.0. The molecule has 0 heterocycles. The molecule has 1 aromatic rings. The Hall–Kier alpha value is -1.70. The summed E-state index contributed by atoms with van der Waals surface area (Å²) in [7, 11) is 3.41. The molecule has 9 heteroatoms. The number of ether oxygens (including phenoxy) is 1.